The molecule has 0 heterocycles. The van der Waals surface area contributed by atoms with Gasteiger partial charge < -0.3 is 5.32 Å². The first kappa shape index (κ1) is 12.2. The largest absolute Gasteiger partial charge is 0.354 e. The maximum atomic E-state index is 9.03. The minimum Gasteiger partial charge on any atom is -0.354 e. The summed E-state index contributed by atoms with van der Waals surface area (Å²) in [6.45, 7) is 0. The van der Waals surface area contributed by atoms with Crippen molar-refractivity contribution in [1.29, 1.82) is 5.26 Å². The normalized spacial score (nSPS) is 9.71. The smallest absolute Gasteiger partial charge is 0.101 e. The number of nitriles is 1. The molecule has 0 amide bonds. The van der Waals surface area contributed by atoms with E-state index in [2.05, 4.69) is 34.0 Å². The molecule has 0 aliphatic rings. The summed E-state index contributed by atoms with van der Waals surface area (Å²) in [6, 6.07) is 15.3. The summed E-state index contributed by atoms with van der Waals surface area (Å²) < 4.78 is 1.14. The van der Waals surface area contributed by atoms with Crippen LogP contribution in [0.3, 0.4) is 0 Å². The molecule has 0 bridgehead atoms. The molecule has 2 nitrogen and oxygen atoms in total. The first-order chi connectivity index (χ1) is 8.19. The number of nitrogens with one attached hydrogen (secondary N) is 1. The van der Waals surface area contributed by atoms with Gasteiger partial charge in [0.15, 0.2) is 0 Å². The van der Waals surface area contributed by atoms with Crippen molar-refractivity contribution in [2.45, 2.75) is 0 Å². The van der Waals surface area contributed by atoms with Gasteiger partial charge in [-0.15, -0.1) is 0 Å². The van der Waals surface area contributed by atoms with Crippen LogP contribution in [0.1, 0.15) is 5.56 Å². The van der Waals surface area contributed by atoms with Crippen molar-refractivity contribution in [1.82, 2.24) is 0 Å². The lowest BCUT2D eigenvalue weighted by Crippen LogP contribution is -1.93. The third-order valence-corrected chi connectivity index (χ3v) is 3.11. The monoisotopic (exact) mass is 354 g/mol. The summed E-state index contributed by atoms with van der Waals surface area (Å²) in [4.78, 5) is 0. The number of rotatable bonds is 2. The molecule has 0 saturated heterocycles. The van der Waals surface area contributed by atoms with Crippen molar-refractivity contribution in [2.75, 3.05) is 5.32 Å². The van der Waals surface area contributed by atoms with Gasteiger partial charge in [-0.1, -0.05) is 17.7 Å². The first-order valence-corrected chi connectivity index (χ1v) is 6.37. The van der Waals surface area contributed by atoms with E-state index in [1.807, 2.05) is 24.3 Å². The van der Waals surface area contributed by atoms with E-state index >= 15 is 0 Å². The summed E-state index contributed by atoms with van der Waals surface area (Å²) in [5.74, 6) is 0. The molecule has 0 aliphatic heterocycles. The number of benzene rings is 2. The molecule has 2 aromatic carbocycles. The molecular weight excluding hydrogens is 347 g/mol. The molecule has 0 fully saturated rings. The summed E-state index contributed by atoms with van der Waals surface area (Å²) in [5, 5.41) is 12.8. The van der Waals surface area contributed by atoms with E-state index in [0.717, 1.165) is 14.9 Å². The molecule has 0 spiro atoms. The van der Waals surface area contributed by atoms with E-state index < -0.39 is 0 Å². The van der Waals surface area contributed by atoms with Gasteiger partial charge in [-0.05, 0) is 59.0 Å². The highest BCUT2D eigenvalue weighted by Crippen LogP contribution is 2.24. The number of halogens is 2. The van der Waals surface area contributed by atoms with E-state index in [4.69, 9.17) is 16.9 Å². The molecule has 84 valence electrons. The lowest BCUT2D eigenvalue weighted by molar-refractivity contribution is 1.46. The van der Waals surface area contributed by atoms with Crippen LogP contribution in [0.5, 0.6) is 0 Å². The van der Waals surface area contributed by atoms with Gasteiger partial charge in [-0.25, -0.2) is 0 Å². The van der Waals surface area contributed by atoms with Crippen LogP contribution < -0.4 is 5.32 Å². The minimum absolute atomic E-state index is 0.538. The van der Waals surface area contributed by atoms with E-state index in [1.165, 1.54) is 0 Å². The number of anilines is 2. The Morgan fingerprint density at radius 1 is 1.18 bits per heavy atom. The number of nitrogens with zero attached hydrogens (tertiary/aromatic N) is 1. The summed E-state index contributed by atoms with van der Waals surface area (Å²) >= 11 is 8.09. The minimum atomic E-state index is 0.538. The van der Waals surface area contributed by atoms with Gasteiger partial charge in [-0.2, -0.15) is 5.26 Å². The second-order valence-corrected chi connectivity index (χ2v) is 5.12. The van der Waals surface area contributed by atoms with Crippen LogP contribution in [0, 0.1) is 14.9 Å². The zero-order valence-electron chi connectivity index (χ0n) is 8.74. The van der Waals surface area contributed by atoms with Gasteiger partial charge in [-0.3, -0.25) is 0 Å². The van der Waals surface area contributed by atoms with E-state index in [0.29, 0.717) is 10.6 Å². The van der Waals surface area contributed by atoms with Gasteiger partial charge in [0.25, 0.3) is 0 Å². The Morgan fingerprint density at radius 2 is 2.00 bits per heavy atom. The Bertz CT molecular complexity index is 590. The number of hydrogen-bond acceptors (Lipinski definition) is 2. The average molecular weight is 355 g/mol. The Balaban J connectivity index is 2.34. The zero-order valence-corrected chi connectivity index (χ0v) is 11.7. The van der Waals surface area contributed by atoms with Crippen LogP contribution in [0.4, 0.5) is 11.4 Å². The summed E-state index contributed by atoms with van der Waals surface area (Å²) in [6.07, 6.45) is 0. The molecule has 2 aromatic rings. The van der Waals surface area contributed by atoms with Gasteiger partial charge >= 0.3 is 0 Å². The zero-order chi connectivity index (χ0) is 12.3. The third-order valence-electron chi connectivity index (χ3n) is 2.21. The topological polar surface area (TPSA) is 35.8 Å². The molecule has 1 N–H and O–H groups in total. The fraction of sp³-hybridized carbons (Fsp3) is 0. The SMILES string of the molecule is N#Cc1cc(Cl)ccc1Nc1cccc(I)c1. The van der Waals surface area contributed by atoms with Crippen molar-refractivity contribution in [3.05, 3.63) is 56.6 Å². The standard InChI is InChI=1S/C13H8ClIN2/c14-10-4-5-13(9(6-10)8-16)17-12-3-1-2-11(15)7-12/h1-7,17H. The fourth-order valence-corrected chi connectivity index (χ4v) is 2.15. The van der Waals surface area contributed by atoms with Crippen molar-refractivity contribution in [3.8, 4) is 6.07 Å². The van der Waals surface area contributed by atoms with Gasteiger partial charge in [0.2, 0.25) is 0 Å². The Kier molecular flexibility index (Phi) is 3.87. The van der Waals surface area contributed by atoms with Crippen LogP contribution in [-0.2, 0) is 0 Å². The molecule has 4 heteroatoms. The summed E-state index contributed by atoms with van der Waals surface area (Å²) in [7, 11) is 0. The Morgan fingerprint density at radius 3 is 2.71 bits per heavy atom. The van der Waals surface area contributed by atoms with Crippen molar-refractivity contribution in [2.24, 2.45) is 0 Å². The Labute approximate surface area is 118 Å². The lowest BCUT2D eigenvalue weighted by atomic mass is 10.2. The van der Waals surface area contributed by atoms with Gasteiger partial charge in [0.1, 0.15) is 6.07 Å². The average Bonchev–Trinajstić information content (AvgIpc) is 2.31. The maximum absolute atomic E-state index is 9.03. The predicted molar refractivity (Wildman–Crippen MR) is 78.6 cm³/mol. The quantitative estimate of drug-likeness (QED) is 0.803. The molecular formula is C13H8ClIN2. The molecule has 2 rings (SSSR count). The van der Waals surface area contributed by atoms with Crippen molar-refractivity contribution < 1.29 is 0 Å². The second-order valence-electron chi connectivity index (χ2n) is 3.44. The Hall–Kier alpha value is -1.25. The van der Waals surface area contributed by atoms with Crippen LogP contribution >= 0.6 is 34.2 Å². The van der Waals surface area contributed by atoms with Crippen molar-refractivity contribution >= 4 is 45.6 Å². The van der Waals surface area contributed by atoms with Crippen LogP contribution in [0.25, 0.3) is 0 Å². The predicted octanol–water partition coefficient (Wildman–Crippen LogP) is 4.56. The molecule has 0 atom stereocenters. The highest BCUT2D eigenvalue weighted by molar-refractivity contribution is 14.1. The number of hydrogen-bond donors (Lipinski definition) is 1. The lowest BCUT2D eigenvalue weighted by Gasteiger charge is -2.08. The summed E-state index contributed by atoms with van der Waals surface area (Å²) in [5.41, 5.74) is 2.26. The van der Waals surface area contributed by atoms with E-state index in [9.17, 15) is 0 Å². The third kappa shape index (κ3) is 3.11. The van der Waals surface area contributed by atoms with Gasteiger partial charge in [0.05, 0.1) is 11.3 Å². The molecule has 0 aliphatic carbocycles. The second kappa shape index (κ2) is 5.39. The van der Waals surface area contributed by atoms with E-state index in [1.54, 1.807) is 18.2 Å². The van der Waals surface area contributed by atoms with E-state index in [-0.39, 0.29) is 0 Å². The maximum Gasteiger partial charge on any atom is 0.101 e. The highest BCUT2D eigenvalue weighted by atomic mass is 127. The first-order valence-electron chi connectivity index (χ1n) is 4.91. The molecule has 0 saturated carbocycles. The van der Waals surface area contributed by atoms with Crippen LogP contribution in [0.15, 0.2) is 42.5 Å². The molecule has 0 aromatic heterocycles. The van der Waals surface area contributed by atoms with Crippen LogP contribution in [0.2, 0.25) is 5.02 Å². The van der Waals surface area contributed by atoms with Crippen LogP contribution in [-0.4, -0.2) is 0 Å². The molecule has 0 unspecified atom stereocenters. The molecule has 0 radical (unpaired) electrons. The van der Waals surface area contributed by atoms with Gasteiger partial charge in [0, 0.05) is 14.3 Å². The van der Waals surface area contributed by atoms with Crippen molar-refractivity contribution in [3.63, 3.8) is 0 Å². The molecule has 17 heavy (non-hydrogen) atoms. The highest BCUT2D eigenvalue weighted by Gasteiger charge is 2.03. The fourth-order valence-electron chi connectivity index (χ4n) is 1.44.